The van der Waals surface area contributed by atoms with Gasteiger partial charge in [0.2, 0.25) is 0 Å². The third-order valence-corrected chi connectivity index (χ3v) is 3.50. The first kappa shape index (κ1) is 15.0. The molecule has 0 saturated heterocycles. The van der Waals surface area contributed by atoms with E-state index in [-0.39, 0.29) is 11.2 Å². The second-order valence-corrected chi connectivity index (χ2v) is 5.86. The lowest BCUT2D eigenvalue weighted by molar-refractivity contribution is 0.252. The predicted octanol–water partition coefficient (Wildman–Crippen LogP) is 3.61. The van der Waals surface area contributed by atoms with E-state index in [9.17, 15) is 4.39 Å². The first-order chi connectivity index (χ1) is 8.34. The highest BCUT2D eigenvalue weighted by Gasteiger charge is 2.19. The molecule has 0 amide bonds. The van der Waals surface area contributed by atoms with Crippen LogP contribution in [0.3, 0.4) is 0 Å². The predicted molar refractivity (Wildman–Crippen MR) is 73.3 cm³/mol. The Kier molecular flexibility index (Phi) is 5.15. The van der Waals surface area contributed by atoms with Gasteiger partial charge in [0.25, 0.3) is 0 Å². The van der Waals surface area contributed by atoms with E-state index < -0.39 is 0 Å². The molecule has 2 nitrogen and oxygen atoms in total. The zero-order chi connectivity index (χ0) is 13.8. The van der Waals surface area contributed by atoms with E-state index in [1.807, 2.05) is 0 Å². The number of hydrogen-bond acceptors (Lipinski definition) is 2. The van der Waals surface area contributed by atoms with Crippen molar-refractivity contribution in [1.29, 1.82) is 0 Å². The zero-order valence-corrected chi connectivity index (χ0v) is 12.0. The molecule has 0 aliphatic carbocycles. The Morgan fingerprint density at radius 3 is 2.50 bits per heavy atom. The number of halogens is 1. The lowest BCUT2D eigenvalue weighted by atomic mass is 9.82. The molecule has 0 saturated carbocycles. The molecule has 3 heteroatoms. The maximum atomic E-state index is 13.7. The highest BCUT2D eigenvalue weighted by molar-refractivity contribution is 5.28. The molecule has 102 valence electrons. The summed E-state index contributed by atoms with van der Waals surface area (Å²) in [6.45, 7) is 10.3. The summed E-state index contributed by atoms with van der Waals surface area (Å²) < 4.78 is 18.7. The molecule has 1 atom stereocenters. The quantitative estimate of drug-likeness (QED) is 0.865. The first-order valence-electron chi connectivity index (χ1n) is 6.37. The number of rotatable bonds is 5. The van der Waals surface area contributed by atoms with Gasteiger partial charge in [-0.25, -0.2) is 4.39 Å². The van der Waals surface area contributed by atoms with Gasteiger partial charge in [-0.2, -0.15) is 0 Å². The van der Waals surface area contributed by atoms with Gasteiger partial charge in [0.1, 0.15) is 11.6 Å². The molecule has 1 unspecified atom stereocenters. The fourth-order valence-corrected chi connectivity index (χ4v) is 1.53. The van der Waals surface area contributed by atoms with Gasteiger partial charge in [-0.05, 0) is 23.9 Å². The molecule has 0 spiro atoms. The first-order valence-corrected chi connectivity index (χ1v) is 6.37. The summed E-state index contributed by atoms with van der Waals surface area (Å²) in [7, 11) is 1.54. The van der Waals surface area contributed by atoms with Crippen molar-refractivity contribution in [2.75, 3.05) is 13.7 Å². The lowest BCUT2D eigenvalue weighted by Crippen LogP contribution is -2.29. The van der Waals surface area contributed by atoms with Crippen molar-refractivity contribution < 1.29 is 9.13 Å². The van der Waals surface area contributed by atoms with Crippen LogP contribution in [0.5, 0.6) is 5.75 Å². The highest BCUT2D eigenvalue weighted by atomic mass is 19.1. The standard InChI is InChI=1S/C15H24FNO/c1-11(15(2,3)4)9-17-10-12-6-7-13(18-5)8-14(12)16/h6-8,11,17H,9-10H2,1-5H3. The molecule has 1 aromatic carbocycles. The maximum absolute atomic E-state index is 13.7. The fourth-order valence-electron chi connectivity index (χ4n) is 1.53. The topological polar surface area (TPSA) is 21.3 Å². The van der Waals surface area contributed by atoms with Crippen LogP contribution in [-0.2, 0) is 6.54 Å². The molecule has 18 heavy (non-hydrogen) atoms. The van der Waals surface area contributed by atoms with Crippen LogP contribution >= 0.6 is 0 Å². The Bertz CT molecular complexity index is 385. The number of benzene rings is 1. The van der Waals surface area contributed by atoms with Crippen molar-refractivity contribution in [3.05, 3.63) is 29.6 Å². The molecule has 1 rings (SSSR count). The molecule has 0 radical (unpaired) electrons. The molecule has 0 aromatic heterocycles. The average molecular weight is 253 g/mol. The third kappa shape index (κ3) is 4.30. The number of hydrogen-bond donors (Lipinski definition) is 1. The largest absolute Gasteiger partial charge is 0.497 e. The number of ether oxygens (including phenoxy) is 1. The molecule has 0 aliphatic rings. The summed E-state index contributed by atoms with van der Waals surface area (Å²) >= 11 is 0. The van der Waals surface area contributed by atoms with Crippen LogP contribution in [0.15, 0.2) is 18.2 Å². The second-order valence-electron chi connectivity index (χ2n) is 5.86. The normalized spacial score (nSPS) is 13.4. The van der Waals surface area contributed by atoms with Gasteiger partial charge in [0.05, 0.1) is 7.11 Å². The van der Waals surface area contributed by atoms with Gasteiger partial charge in [0, 0.05) is 18.2 Å². The van der Waals surface area contributed by atoms with Crippen molar-refractivity contribution in [1.82, 2.24) is 5.32 Å². The Hall–Kier alpha value is -1.09. The van der Waals surface area contributed by atoms with E-state index in [4.69, 9.17) is 4.74 Å². The van der Waals surface area contributed by atoms with E-state index in [1.54, 1.807) is 12.1 Å². The van der Waals surface area contributed by atoms with Gasteiger partial charge in [0.15, 0.2) is 0 Å². The minimum Gasteiger partial charge on any atom is -0.497 e. The zero-order valence-electron chi connectivity index (χ0n) is 12.0. The number of methoxy groups -OCH3 is 1. The average Bonchev–Trinajstić information content (AvgIpc) is 2.29. The van der Waals surface area contributed by atoms with E-state index in [0.29, 0.717) is 23.8 Å². The van der Waals surface area contributed by atoms with E-state index in [0.717, 1.165) is 6.54 Å². The van der Waals surface area contributed by atoms with Crippen LogP contribution < -0.4 is 10.1 Å². The van der Waals surface area contributed by atoms with Crippen molar-refractivity contribution >= 4 is 0 Å². The molecule has 1 N–H and O–H groups in total. The smallest absolute Gasteiger partial charge is 0.131 e. The summed E-state index contributed by atoms with van der Waals surface area (Å²) in [5.74, 6) is 0.878. The molecule has 0 heterocycles. The van der Waals surface area contributed by atoms with Gasteiger partial charge < -0.3 is 10.1 Å². The summed E-state index contributed by atoms with van der Waals surface area (Å²) in [6.07, 6.45) is 0. The molecule has 0 aliphatic heterocycles. The van der Waals surface area contributed by atoms with Crippen molar-refractivity contribution in [2.24, 2.45) is 11.3 Å². The van der Waals surface area contributed by atoms with Crippen LogP contribution in [0.25, 0.3) is 0 Å². The van der Waals surface area contributed by atoms with Crippen LogP contribution in [0.4, 0.5) is 4.39 Å². The Labute approximate surface area is 110 Å². The minimum absolute atomic E-state index is 0.217. The van der Waals surface area contributed by atoms with Crippen LogP contribution in [0.2, 0.25) is 0 Å². The SMILES string of the molecule is COc1ccc(CNCC(C)C(C)(C)C)c(F)c1. The van der Waals surface area contributed by atoms with Gasteiger partial charge >= 0.3 is 0 Å². The molecular formula is C15H24FNO. The fraction of sp³-hybridized carbons (Fsp3) is 0.600. The monoisotopic (exact) mass is 253 g/mol. The van der Waals surface area contributed by atoms with Crippen LogP contribution in [-0.4, -0.2) is 13.7 Å². The highest BCUT2D eigenvalue weighted by Crippen LogP contribution is 2.24. The Balaban J connectivity index is 2.49. The van der Waals surface area contributed by atoms with Crippen LogP contribution in [0.1, 0.15) is 33.3 Å². The molecular weight excluding hydrogens is 229 g/mol. The minimum atomic E-state index is -0.217. The van der Waals surface area contributed by atoms with E-state index in [1.165, 1.54) is 13.2 Å². The van der Waals surface area contributed by atoms with Gasteiger partial charge in [-0.1, -0.05) is 33.8 Å². The molecule has 0 fully saturated rings. The van der Waals surface area contributed by atoms with Crippen molar-refractivity contribution in [2.45, 2.75) is 34.2 Å². The van der Waals surface area contributed by atoms with Gasteiger partial charge in [-0.3, -0.25) is 0 Å². The van der Waals surface area contributed by atoms with E-state index >= 15 is 0 Å². The Morgan fingerprint density at radius 1 is 1.33 bits per heavy atom. The molecule has 0 bridgehead atoms. The lowest BCUT2D eigenvalue weighted by Gasteiger charge is -2.27. The summed E-state index contributed by atoms with van der Waals surface area (Å²) in [6, 6.07) is 4.97. The maximum Gasteiger partial charge on any atom is 0.131 e. The van der Waals surface area contributed by atoms with Crippen LogP contribution in [0, 0.1) is 17.2 Å². The number of nitrogens with one attached hydrogen (secondary N) is 1. The van der Waals surface area contributed by atoms with Crippen molar-refractivity contribution in [3.63, 3.8) is 0 Å². The third-order valence-electron chi connectivity index (χ3n) is 3.50. The summed E-state index contributed by atoms with van der Waals surface area (Å²) in [4.78, 5) is 0. The Morgan fingerprint density at radius 2 is 2.00 bits per heavy atom. The summed E-state index contributed by atoms with van der Waals surface area (Å²) in [5, 5.41) is 3.31. The van der Waals surface area contributed by atoms with Crippen molar-refractivity contribution in [3.8, 4) is 5.75 Å². The van der Waals surface area contributed by atoms with Gasteiger partial charge in [-0.15, -0.1) is 0 Å². The summed E-state index contributed by atoms with van der Waals surface area (Å²) in [5.41, 5.74) is 0.947. The second kappa shape index (κ2) is 6.19. The van der Waals surface area contributed by atoms with E-state index in [2.05, 4.69) is 33.0 Å². The molecule has 1 aromatic rings.